The summed E-state index contributed by atoms with van der Waals surface area (Å²) in [7, 11) is 1.44. The summed E-state index contributed by atoms with van der Waals surface area (Å²) in [5.41, 5.74) is 0.258. The van der Waals surface area contributed by atoms with Crippen molar-refractivity contribution >= 4 is 12.0 Å². The Hall–Kier alpha value is -1.90. The molecule has 0 saturated carbocycles. The molecule has 1 amide bonds. The average Bonchev–Trinajstić information content (AvgIpc) is 2.30. The fourth-order valence-electron chi connectivity index (χ4n) is 0.923. The Morgan fingerprint density at radius 1 is 1.47 bits per heavy atom. The second-order valence-electron chi connectivity index (χ2n) is 2.30. The van der Waals surface area contributed by atoms with Gasteiger partial charge in [-0.25, -0.2) is 10.1 Å². The van der Waals surface area contributed by atoms with E-state index in [9.17, 15) is 9.59 Å². The van der Waals surface area contributed by atoms with Crippen molar-refractivity contribution in [2.45, 2.75) is 0 Å². The zero-order valence-corrected chi connectivity index (χ0v) is 10.1. The van der Waals surface area contributed by atoms with Crippen molar-refractivity contribution < 1.29 is 41.8 Å². The fraction of sp³-hybridized carbons (Fsp3) is 0.100. The number of nitrogens with zero attached hydrogens (tertiary/aromatic N) is 2. The number of benzene rings is 1. The predicted molar refractivity (Wildman–Crippen MR) is 51.1 cm³/mol. The molecule has 0 aliphatic heterocycles. The molecule has 0 aliphatic carbocycles. The van der Waals surface area contributed by atoms with Gasteiger partial charge in [-0.15, -0.1) is 4.99 Å². The van der Waals surface area contributed by atoms with Crippen molar-refractivity contribution in [1.29, 1.82) is 5.26 Å². The van der Waals surface area contributed by atoms with Crippen LogP contribution in [-0.2, 0) is 27.2 Å². The summed E-state index contributed by atoms with van der Waals surface area (Å²) < 4.78 is 4.90. The van der Waals surface area contributed by atoms with Crippen LogP contribution in [0.25, 0.3) is 0 Å². The maximum Gasteiger partial charge on any atom is 1.00 e. The number of nitriles is 1. The number of carbonyl (C=O) groups excluding carboxylic acids is 2. The van der Waals surface area contributed by atoms with Crippen molar-refractivity contribution in [3.05, 3.63) is 29.8 Å². The maximum atomic E-state index is 11.1. The van der Waals surface area contributed by atoms with Crippen molar-refractivity contribution in [3.8, 4) is 12.0 Å². The minimum absolute atomic E-state index is 0. The summed E-state index contributed by atoms with van der Waals surface area (Å²) in [4.78, 5) is 23.9. The van der Waals surface area contributed by atoms with E-state index < -0.39 is 5.91 Å². The molecule has 1 aromatic rings. The van der Waals surface area contributed by atoms with Gasteiger partial charge >= 0.3 is 22.4 Å². The first kappa shape index (κ1) is 17.5. The van der Waals surface area contributed by atoms with Gasteiger partial charge in [0.05, 0.1) is 12.7 Å². The molecule has 0 N–H and O–H groups in total. The topological polar surface area (TPSA) is 103 Å². The summed E-state index contributed by atoms with van der Waals surface area (Å²) in [6.45, 7) is 0. The molecule has 0 atom stereocenters. The quantitative estimate of drug-likeness (QED) is 0.329. The molecular weight excluding hydrogens is 320 g/mol. The van der Waals surface area contributed by atoms with Crippen LogP contribution in [0.2, 0.25) is 0 Å². The smallest absolute Gasteiger partial charge is 0.812 e. The van der Waals surface area contributed by atoms with Crippen LogP contribution in [0.15, 0.2) is 29.3 Å². The Morgan fingerprint density at radius 2 is 2.00 bits per heavy atom. The number of rotatable bonds is 2. The first-order valence-electron chi connectivity index (χ1n) is 3.97. The van der Waals surface area contributed by atoms with Crippen LogP contribution in [0.4, 0.5) is 0 Å². The standard InChI is InChI=1S/C9H7NO3.CHNO.Ag/c1-13-8-5-3-2-4-7(8)9(12)10-6-11;2-1-3;/h2-5H,1H3;3H;/q;;+1/p-1. The van der Waals surface area contributed by atoms with Gasteiger partial charge in [0.25, 0.3) is 5.91 Å². The van der Waals surface area contributed by atoms with Crippen LogP contribution < -0.4 is 9.84 Å². The minimum Gasteiger partial charge on any atom is -0.812 e. The molecule has 0 spiro atoms. The summed E-state index contributed by atoms with van der Waals surface area (Å²) >= 11 is 0. The van der Waals surface area contributed by atoms with Gasteiger partial charge in [-0.05, 0) is 12.1 Å². The van der Waals surface area contributed by atoms with E-state index in [-0.39, 0.29) is 27.9 Å². The molecule has 0 fully saturated rings. The fourth-order valence-corrected chi connectivity index (χ4v) is 0.923. The number of para-hydroxylation sites is 1. The summed E-state index contributed by atoms with van der Waals surface area (Å²) in [5.74, 6) is -0.251. The molecule has 1 rings (SSSR count). The summed E-state index contributed by atoms with van der Waals surface area (Å²) in [6, 6.07) is 6.53. The predicted octanol–water partition coefficient (Wildman–Crippen LogP) is -0.00352. The normalized spacial score (nSPS) is 7.06. The number of amides is 1. The maximum absolute atomic E-state index is 11.1. The zero-order valence-electron chi connectivity index (χ0n) is 8.64. The Labute approximate surface area is 113 Å². The zero-order chi connectivity index (χ0) is 12.4. The molecule has 0 saturated heterocycles. The first-order chi connectivity index (χ1) is 7.71. The number of aliphatic imine (C=N–C) groups is 1. The number of isocyanates is 1. The molecule has 17 heavy (non-hydrogen) atoms. The summed E-state index contributed by atoms with van der Waals surface area (Å²) in [6.07, 6.45) is 1.69. The molecule has 0 radical (unpaired) electrons. The van der Waals surface area contributed by atoms with Crippen molar-refractivity contribution in [2.24, 2.45) is 4.99 Å². The number of carbonyl (C=O) groups is 1. The van der Waals surface area contributed by atoms with E-state index in [1.807, 2.05) is 0 Å². The van der Waals surface area contributed by atoms with E-state index in [2.05, 4.69) is 4.99 Å². The third-order valence-corrected chi connectivity index (χ3v) is 1.48. The largest absolute Gasteiger partial charge is 1.00 e. The van der Waals surface area contributed by atoms with Crippen LogP contribution in [0.5, 0.6) is 5.75 Å². The molecule has 6 nitrogen and oxygen atoms in total. The van der Waals surface area contributed by atoms with Gasteiger partial charge in [-0.3, -0.25) is 4.79 Å². The Bertz CT molecular complexity index is 450. The molecule has 92 valence electrons. The Balaban J connectivity index is 0. The van der Waals surface area contributed by atoms with Gasteiger partial charge in [0.15, 0.2) is 0 Å². The first-order valence-corrected chi connectivity index (χ1v) is 3.97. The number of methoxy groups -OCH3 is 1. The van der Waals surface area contributed by atoms with E-state index in [4.69, 9.17) is 15.1 Å². The third kappa shape index (κ3) is 6.30. The van der Waals surface area contributed by atoms with E-state index in [1.165, 1.54) is 19.3 Å². The third-order valence-electron chi connectivity index (χ3n) is 1.48. The second-order valence-corrected chi connectivity index (χ2v) is 2.30. The minimum atomic E-state index is -0.646. The van der Waals surface area contributed by atoms with Gasteiger partial charge < -0.3 is 9.84 Å². The Morgan fingerprint density at radius 3 is 2.47 bits per heavy atom. The number of hydrogen-bond donors (Lipinski definition) is 0. The van der Waals surface area contributed by atoms with Crippen LogP contribution in [0, 0.1) is 11.5 Å². The SMILES string of the molecule is COc1ccccc1C(=O)N=C=O.N#C[O-].[Ag+]. The number of hydrogen-bond acceptors (Lipinski definition) is 5. The van der Waals surface area contributed by atoms with Crippen LogP contribution >= 0.6 is 0 Å². The van der Waals surface area contributed by atoms with Crippen molar-refractivity contribution in [3.63, 3.8) is 0 Å². The molecule has 0 aromatic heterocycles. The van der Waals surface area contributed by atoms with Gasteiger partial charge in [0.2, 0.25) is 6.08 Å². The van der Waals surface area contributed by atoms with Crippen LogP contribution in [0.1, 0.15) is 10.4 Å². The van der Waals surface area contributed by atoms with Gasteiger partial charge in [0, 0.05) is 6.26 Å². The van der Waals surface area contributed by atoms with Gasteiger partial charge in [-0.1, -0.05) is 12.1 Å². The molecule has 0 bridgehead atoms. The van der Waals surface area contributed by atoms with E-state index in [0.29, 0.717) is 12.0 Å². The van der Waals surface area contributed by atoms with Crippen molar-refractivity contribution in [2.75, 3.05) is 7.11 Å². The molecule has 0 unspecified atom stereocenters. The second kappa shape index (κ2) is 10.6. The Kier molecular flexibility index (Phi) is 10.9. The average molecular weight is 327 g/mol. The van der Waals surface area contributed by atoms with Gasteiger partial charge in [-0.2, -0.15) is 0 Å². The van der Waals surface area contributed by atoms with E-state index >= 15 is 0 Å². The van der Waals surface area contributed by atoms with E-state index in [0.717, 1.165) is 0 Å². The molecule has 0 heterocycles. The van der Waals surface area contributed by atoms with Crippen LogP contribution in [0.3, 0.4) is 0 Å². The van der Waals surface area contributed by atoms with Gasteiger partial charge in [0.1, 0.15) is 5.75 Å². The molecule has 0 aliphatic rings. The molecule has 7 heteroatoms. The number of ether oxygens (including phenoxy) is 1. The molecule has 1 aromatic carbocycles. The van der Waals surface area contributed by atoms with Crippen molar-refractivity contribution in [1.82, 2.24) is 0 Å². The monoisotopic (exact) mass is 326 g/mol. The van der Waals surface area contributed by atoms with E-state index in [1.54, 1.807) is 18.2 Å². The molecular formula is C10H7AgN2O4. The van der Waals surface area contributed by atoms with Crippen LogP contribution in [-0.4, -0.2) is 19.1 Å². The summed E-state index contributed by atoms with van der Waals surface area (Å²) in [5, 5.41) is 15.0.